The van der Waals surface area contributed by atoms with Crippen LogP contribution in [-0.4, -0.2) is 95.7 Å². The number of anilines is 1. The van der Waals surface area contributed by atoms with E-state index in [4.69, 9.17) is 15.4 Å². The lowest BCUT2D eigenvalue weighted by molar-refractivity contribution is -0.150. The highest BCUT2D eigenvalue weighted by molar-refractivity contribution is 8.03. The number of hydrogen-bond donors (Lipinski definition) is 4. The summed E-state index contributed by atoms with van der Waals surface area (Å²) in [6, 6.07) is 0.298. The summed E-state index contributed by atoms with van der Waals surface area (Å²) < 4.78 is 2.47. The zero-order valence-corrected chi connectivity index (χ0v) is 26.7. The maximum atomic E-state index is 13.1. The van der Waals surface area contributed by atoms with Gasteiger partial charge in [-0.15, -0.1) is 33.3 Å². The molecule has 21 heteroatoms. The molecule has 0 aromatic carbocycles. The normalized spacial score (nSPS) is 18.1. The van der Waals surface area contributed by atoms with Gasteiger partial charge in [-0.2, -0.15) is 4.73 Å². The number of hydrogen-bond acceptors (Lipinski definition) is 17. The Bertz CT molecular complexity index is 1740. The fourth-order valence-electron chi connectivity index (χ4n) is 4.12. The van der Waals surface area contributed by atoms with Crippen LogP contribution in [0.1, 0.15) is 11.4 Å². The van der Waals surface area contributed by atoms with Crippen LogP contribution in [0.3, 0.4) is 0 Å². The van der Waals surface area contributed by atoms with Gasteiger partial charge in [0.25, 0.3) is 11.8 Å². The fraction of sp³-hybridized carbons (Fsp3) is 0.304. The van der Waals surface area contributed by atoms with E-state index in [1.54, 1.807) is 0 Å². The van der Waals surface area contributed by atoms with Crippen LogP contribution >= 0.6 is 58.0 Å². The van der Waals surface area contributed by atoms with Crippen LogP contribution in [0, 0.1) is 0 Å². The molecule has 2 atom stereocenters. The average Bonchev–Trinajstić information content (AvgIpc) is 3.65. The Kier molecular flexibility index (Phi) is 9.68. The predicted molar refractivity (Wildman–Crippen MR) is 165 cm³/mol. The third-order valence-corrected chi connectivity index (χ3v) is 11.4. The number of nitrogens with two attached hydrogens (primary N) is 1. The molecule has 1 saturated heterocycles. The first-order valence-corrected chi connectivity index (χ1v) is 16.9. The number of nitrogen functional groups attached to an aromatic ring is 1. The van der Waals surface area contributed by atoms with Crippen LogP contribution in [0.4, 0.5) is 5.13 Å². The molecule has 232 valence electrons. The lowest BCUT2D eigenvalue weighted by Crippen LogP contribution is -2.71. The molecule has 0 saturated carbocycles. The van der Waals surface area contributed by atoms with E-state index in [0.717, 1.165) is 11.3 Å². The predicted octanol–water partition coefficient (Wildman–Crippen LogP) is 0.676. The number of β-lactam (4-membered cyclic amide) rings is 1. The second-order valence-electron chi connectivity index (χ2n) is 8.75. The third kappa shape index (κ3) is 6.50. The molecule has 2 amide bonds. The topological polar surface area (TPSA) is 224 Å². The van der Waals surface area contributed by atoms with Crippen molar-refractivity contribution in [2.24, 2.45) is 5.16 Å². The standard InChI is InChI=1S/C23H22N8O8S5/c1-38-29-14(11-8-41-21(24)25-11)17(34)26-15-18(35)31-16(20(36)37)9(5-40-19(15)31)6-42-22-27-28-23(44-22)43-7-10-3-12(32)13(33)4-30(10)39-2/h3-4,8,15,19,33H,5-7H2,1-2H3,(H2,24,25)(H,26,34)(H,36,37)/b29-14-/t15-,19+/m1/s1. The lowest BCUT2D eigenvalue weighted by atomic mass is 10.0. The number of thioether (sulfide) groups is 3. The molecule has 5 rings (SSSR count). The van der Waals surface area contributed by atoms with Crippen LogP contribution in [-0.2, 0) is 25.0 Å². The van der Waals surface area contributed by atoms with E-state index in [9.17, 15) is 29.4 Å². The smallest absolute Gasteiger partial charge is 0.352 e. The number of oxime groups is 1. The molecule has 0 bridgehead atoms. The Morgan fingerprint density at radius 2 is 1.95 bits per heavy atom. The summed E-state index contributed by atoms with van der Waals surface area (Å²) in [6.07, 6.45) is 1.19. The number of thiazole rings is 1. The number of carbonyl (C=O) groups is 3. The van der Waals surface area contributed by atoms with Crippen LogP contribution in [0.15, 0.2) is 47.5 Å². The zero-order valence-electron chi connectivity index (χ0n) is 22.7. The molecule has 16 nitrogen and oxygen atoms in total. The van der Waals surface area contributed by atoms with E-state index in [0.29, 0.717) is 31.5 Å². The maximum absolute atomic E-state index is 13.1. The summed E-state index contributed by atoms with van der Waals surface area (Å²) >= 11 is 6.32. The van der Waals surface area contributed by atoms with Gasteiger partial charge in [-0.05, 0) is 5.57 Å². The number of nitrogens with one attached hydrogen (secondary N) is 1. The molecule has 0 aliphatic carbocycles. The molecule has 5 heterocycles. The van der Waals surface area contributed by atoms with Crippen molar-refractivity contribution in [1.82, 2.24) is 30.1 Å². The van der Waals surface area contributed by atoms with Crippen molar-refractivity contribution in [3.63, 3.8) is 0 Å². The van der Waals surface area contributed by atoms with Gasteiger partial charge in [0.15, 0.2) is 25.3 Å². The Labute approximate surface area is 268 Å². The number of pyridine rings is 1. The highest BCUT2D eigenvalue weighted by Crippen LogP contribution is 2.42. The number of aromatic hydroxyl groups is 1. The number of carboxylic acids is 1. The number of carbonyl (C=O) groups excluding carboxylic acids is 2. The quantitative estimate of drug-likeness (QED) is 0.0883. The number of nitrogens with zero attached hydrogens (tertiary/aromatic N) is 6. The monoisotopic (exact) mass is 698 g/mol. The lowest BCUT2D eigenvalue weighted by Gasteiger charge is -2.49. The average molecular weight is 699 g/mol. The summed E-state index contributed by atoms with van der Waals surface area (Å²) in [7, 11) is 2.67. The van der Waals surface area contributed by atoms with Gasteiger partial charge in [-0.1, -0.05) is 40.0 Å². The van der Waals surface area contributed by atoms with E-state index in [2.05, 4.69) is 25.7 Å². The van der Waals surface area contributed by atoms with Crippen molar-refractivity contribution in [2.45, 2.75) is 25.8 Å². The Morgan fingerprint density at radius 1 is 1.23 bits per heavy atom. The molecule has 2 aliphatic heterocycles. The Balaban J connectivity index is 1.22. The summed E-state index contributed by atoms with van der Waals surface area (Å²) in [5.74, 6) is -2.08. The molecule has 0 spiro atoms. The second kappa shape index (κ2) is 13.5. The number of amides is 2. The Hall–Kier alpha value is -3.79. The van der Waals surface area contributed by atoms with Crippen LogP contribution in [0.5, 0.6) is 5.75 Å². The largest absolute Gasteiger partial charge is 0.503 e. The van der Waals surface area contributed by atoms with E-state index in [1.165, 1.54) is 88.1 Å². The highest BCUT2D eigenvalue weighted by Gasteiger charge is 2.54. The SMILES string of the molecule is CO/N=C(\C(=O)N[C@@H]1C(=O)N2C(C(=O)O)=C(CSc3nnc(SCc4cc(=O)c(O)cn4OC)s3)CS[C@@H]12)c1csc(N)n1. The van der Waals surface area contributed by atoms with Crippen LogP contribution in [0.25, 0.3) is 0 Å². The number of rotatable bonds is 12. The minimum absolute atomic E-state index is 0.126. The Morgan fingerprint density at radius 3 is 2.59 bits per heavy atom. The second-order valence-corrected chi connectivity index (χ2v) is 14.2. The minimum Gasteiger partial charge on any atom is -0.503 e. The number of fused-ring (bicyclic) bond motifs is 1. The maximum Gasteiger partial charge on any atom is 0.352 e. The van der Waals surface area contributed by atoms with Gasteiger partial charge in [-0.25, -0.2) is 9.78 Å². The van der Waals surface area contributed by atoms with Crippen molar-refractivity contribution >= 4 is 86.6 Å². The van der Waals surface area contributed by atoms with Gasteiger partial charge in [0.05, 0.1) is 11.9 Å². The summed E-state index contributed by atoms with van der Waals surface area (Å²) in [6.45, 7) is 0. The van der Waals surface area contributed by atoms with Crippen LogP contribution in [0.2, 0.25) is 0 Å². The van der Waals surface area contributed by atoms with Gasteiger partial charge in [0.1, 0.15) is 37.0 Å². The van der Waals surface area contributed by atoms with Gasteiger partial charge >= 0.3 is 5.97 Å². The van der Waals surface area contributed by atoms with Gasteiger partial charge in [0.2, 0.25) is 5.43 Å². The molecule has 1 fully saturated rings. The van der Waals surface area contributed by atoms with Gasteiger partial charge < -0.3 is 30.9 Å². The molecule has 0 unspecified atom stereocenters. The summed E-state index contributed by atoms with van der Waals surface area (Å²) in [5, 5.41) is 35.4. The molecule has 2 aliphatic rings. The van der Waals surface area contributed by atoms with Gasteiger partial charge in [-0.3, -0.25) is 19.3 Å². The van der Waals surface area contributed by atoms with Crippen molar-refractivity contribution in [3.8, 4) is 5.75 Å². The number of aromatic nitrogens is 4. The molecule has 0 radical (unpaired) electrons. The summed E-state index contributed by atoms with van der Waals surface area (Å²) in [4.78, 5) is 65.2. The van der Waals surface area contributed by atoms with E-state index >= 15 is 0 Å². The molecule has 44 heavy (non-hydrogen) atoms. The van der Waals surface area contributed by atoms with Gasteiger partial charge in [0, 0.05) is 28.7 Å². The first-order valence-electron chi connectivity index (χ1n) is 12.2. The fourth-order valence-corrected chi connectivity index (χ4v) is 9.12. The number of carboxylic acid groups (broad SMARTS) is 1. The first-order chi connectivity index (χ1) is 21.1. The van der Waals surface area contributed by atoms with E-state index in [-0.39, 0.29) is 28.0 Å². The summed E-state index contributed by atoms with van der Waals surface area (Å²) in [5.41, 5.74) is 6.07. The molecule has 3 aromatic rings. The van der Waals surface area contributed by atoms with Crippen molar-refractivity contribution in [2.75, 3.05) is 31.5 Å². The van der Waals surface area contributed by atoms with Crippen molar-refractivity contribution in [3.05, 3.63) is 50.5 Å². The molecule has 3 aromatic heterocycles. The molecular weight excluding hydrogens is 677 g/mol. The molecule has 5 N–H and O–H groups in total. The van der Waals surface area contributed by atoms with Crippen molar-refractivity contribution < 1.29 is 34.3 Å². The van der Waals surface area contributed by atoms with Crippen LogP contribution < -0.4 is 21.3 Å². The minimum atomic E-state index is -1.25. The highest BCUT2D eigenvalue weighted by atomic mass is 32.2. The zero-order chi connectivity index (χ0) is 31.5. The first kappa shape index (κ1) is 31.6. The number of aliphatic carboxylic acids is 1. The van der Waals surface area contributed by atoms with E-state index < -0.39 is 40.4 Å². The molecular formula is C23H22N8O8S5. The van der Waals surface area contributed by atoms with E-state index in [1.807, 2.05) is 0 Å². The third-order valence-electron chi connectivity index (χ3n) is 6.07. The van der Waals surface area contributed by atoms with Crippen molar-refractivity contribution in [1.29, 1.82) is 0 Å².